The summed E-state index contributed by atoms with van der Waals surface area (Å²) in [6.45, 7) is 2.75. The first-order chi connectivity index (χ1) is 15.2. The van der Waals surface area contributed by atoms with E-state index in [9.17, 15) is 4.79 Å². The van der Waals surface area contributed by atoms with Gasteiger partial charge in [-0.1, -0.05) is 48.6 Å². The maximum Gasteiger partial charge on any atom is 0.273 e. The second-order valence-electron chi connectivity index (χ2n) is 7.46. The van der Waals surface area contributed by atoms with Gasteiger partial charge in [-0.15, -0.1) is 10.2 Å². The van der Waals surface area contributed by atoms with Gasteiger partial charge in [-0.25, -0.2) is 4.98 Å². The summed E-state index contributed by atoms with van der Waals surface area (Å²) in [5, 5.41) is 15.2. The molecule has 1 N–H and O–H groups in total. The number of rotatable bonds is 5. The summed E-state index contributed by atoms with van der Waals surface area (Å²) in [6, 6.07) is 15.6. The fraction of sp³-hybridized carbons (Fsp3) is 0.261. The van der Waals surface area contributed by atoms with E-state index in [4.69, 9.17) is 4.98 Å². The van der Waals surface area contributed by atoms with Gasteiger partial charge in [0.15, 0.2) is 0 Å². The minimum atomic E-state index is -0.0735. The molecular weight excluding hydrogens is 408 g/mol. The number of amides is 1. The molecule has 4 aromatic rings. The molecule has 0 unspecified atom stereocenters. The summed E-state index contributed by atoms with van der Waals surface area (Å²) >= 11 is 1.52. The summed E-state index contributed by atoms with van der Waals surface area (Å²) in [6.07, 6.45) is 4.38. The number of aromatic nitrogens is 4. The molecule has 7 nitrogen and oxygen atoms in total. The molecule has 31 heavy (non-hydrogen) atoms. The Balaban J connectivity index is 1.42. The van der Waals surface area contributed by atoms with Crippen molar-refractivity contribution < 1.29 is 4.79 Å². The molecule has 8 heteroatoms. The average molecular weight is 431 g/mol. The highest BCUT2D eigenvalue weighted by atomic mass is 32.1. The molecule has 1 aliphatic heterocycles. The normalized spacial score (nSPS) is 16.0. The number of likely N-dealkylation sites (tertiary alicyclic amines) is 1. The Kier molecular flexibility index (Phi) is 5.30. The number of carbonyl (C=O) groups excluding carboxylic acids is 1. The zero-order chi connectivity index (χ0) is 21.2. The van der Waals surface area contributed by atoms with Gasteiger partial charge in [-0.3, -0.25) is 9.78 Å². The van der Waals surface area contributed by atoms with E-state index < -0.39 is 0 Å². The van der Waals surface area contributed by atoms with Gasteiger partial charge in [-0.2, -0.15) is 0 Å². The Bertz CT molecular complexity index is 1230. The molecule has 5 rings (SSSR count). The van der Waals surface area contributed by atoms with Gasteiger partial charge in [0.1, 0.15) is 16.5 Å². The van der Waals surface area contributed by atoms with Crippen LogP contribution in [0.15, 0.2) is 54.7 Å². The zero-order valence-electron chi connectivity index (χ0n) is 17.2. The number of carbonyl (C=O) groups is 1. The maximum absolute atomic E-state index is 13.5. The molecule has 0 radical (unpaired) electrons. The molecule has 0 bridgehead atoms. The highest BCUT2D eigenvalue weighted by molar-refractivity contribution is 7.15. The van der Waals surface area contributed by atoms with E-state index in [0.717, 1.165) is 45.9 Å². The fourth-order valence-electron chi connectivity index (χ4n) is 4.01. The number of anilines is 2. The van der Waals surface area contributed by atoms with Crippen LogP contribution in [0.4, 0.5) is 10.9 Å². The van der Waals surface area contributed by atoms with Crippen LogP contribution in [0, 0.1) is 0 Å². The smallest absolute Gasteiger partial charge is 0.273 e. The lowest BCUT2D eigenvalue weighted by Gasteiger charge is -2.24. The Hall–Kier alpha value is -3.39. The minimum absolute atomic E-state index is 0.0452. The molecule has 1 atom stereocenters. The molecular formula is C23H22N6OS. The molecule has 4 heterocycles. The molecule has 1 aliphatic rings. The lowest BCUT2D eigenvalue weighted by molar-refractivity contribution is 0.0729. The summed E-state index contributed by atoms with van der Waals surface area (Å²) < 4.78 is 0. The van der Waals surface area contributed by atoms with Crippen LogP contribution in [-0.2, 0) is 6.42 Å². The second-order valence-corrected chi connectivity index (χ2v) is 8.53. The van der Waals surface area contributed by atoms with Crippen LogP contribution >= 0.6 is 11.3 Å². The number of hydrogen-bond acceptors (Lipinski definition) is 7. The molecule has 1 saturated heterocycles. The van der Waals surface area contributed by atoms with Crippen molar-refractivity contribution in [3.63, 3.8) is 0 Å². The number of pyridine rings is 2. The third-order valence-electron chi connectivity index (χ3n) is 5.51. The predicted molar refractivity (Wildman–Crippen MR) is 122 cm³/mol. The van der Waals surface area contributed by atoms with Crippen molar-refractivity contribution in [1.82, 2.24) is 25.1 Å². The molecule has 1 fully saturated rings. The number of hydrogen-bond donors (Lipinski definition) is 1. The molecule has 1 amide bonds. The SMILES string of the molecule is CCc1nnc(Nc2cccc([C@@H]3CCCN3C(=O)c3nccc4ccccc34)n2)s1. The van der Waals surface area contributed by atoms with E-state index in [0.29, 0.717) is 18.1 Å². The van der Waals surface area contributed by atoms with E-state index in [1.54, 1.807) is 6.20 Å². The largest absolute Gasteiger partial charge is 0.329 e. The lowest BCUT2D eigenvalue weighted by atomic mass is 10.1. The van der Waals surface area contributed by atoms with Crippen molar-refractivity contribution in [3.8, 4) is 0 Å². The van der Waals surface area contributed by atoms with E-state index in [1.165, 1.54) is 11.3 Å². The van der Waals surface area contributed by atoms with Crippen LogP contribution in [-0.4, -0.2) is 37.5 Å². The highest BCUT2D eigenvalue weighted by Crippen LogP contribution is 2.33. The number of nitrogens with one attached hydrogen (secondary N) is 1. The third kappa shape index (κ3) is 3.86. The van der Waals surface area contributed by atoms with Crippen LogP contribution in [0.1, 0.15) is 47.0 Å². The lowest BCUT2D eigenvalue weighted by Crippen LogP contribution is -2.31. The van der Waals surface area contributed by atoms with Gasteiger partial charge in [0.2, 0.25) is 5.13 Å². The minimum Gasteiger partial charge on any atom is -0.329 e. The Labute approximate surface area is 184 Å². The molecule has 0 saturated carbocycles. The summed E-state index contributed by atoms with van der Waals surface area (Å²) in [4.78, 5) is 24.6. The maximum atomic E-state index is 13.5. The summed E-state index contributed by atoms with van der Waals surface area (Å²) in [5.74, 6) is 0.662. The Morgan fingerprint density at radius 2 is 2.06 bits per heavy atom. The van der Waals surface area contributed by atoms with Crippen molar-refractivity contribution in [2.75, 3.05) is 11.9 Å². The summed E-state index contributed by atoms with van der Waals surface area (Å²) in [5.41, 5.74) is 1.37. The Morgan fingerprint density at radius 3 is 2.94 bits per heavy atom. The van der Waals surface area contributed by atoms with Crippen LogP contribution in [0.25, 0.3) is 10.8 Å². The van der Waals surface area contributed by atoms with Crippen LogP contribution in [0.3, 0.4) is 0 Å². The highest BCUT2D eigenvalue weighted by Gasteiger charge is 2.33. The quantitative estimate of drug-likeness (QED) is 0.491. The van der Waals surface area contributed by atoms with Crippen molar-refractivity contribution in [2.24, 2.45) is 0 Å². The zero-order valence-corrected chi connectivity index (χ0v) is 18.0. The van der Waals surface area contributed by atoms with Crippen molar-refractivity contribution in [1.29, 1.82) is 0 Å². The first kappa shape index (κ1) is 19.6. The number of fused-ring (bicyclic) bond motifs is 1. The Morgan fingerprint density at radius 1 is 1.16 bits per heavy atom. The first-order valence-electron chi connectivity index (χ1n) is 10.4. The number of aryl methyl sites for hydroxylation is 1. The van der Waals surface area contributed by atoms with Crippen molar-refractivity contribution >= 4 is 39.0 Å². The second kappa shape index (κ2) is 8.39. The van der Waals surface area contributed by atoms with Gasteiger partial charge in [0.05, 0.1) is 11.7 Å². The van der Waals surface area contributed by atoms with Crippen LogP contribution in [0.5, 0.6) is 0 Å². The van der Waals surface area contributed by atoms with E-state index in [2.05, 4.69) is 27.4 Å². The average Bonchev–Trinajstić information content (AvgIpc) is 3.48. The predicted octanol–water partition coefficient (Wildman–Crippen LogP) is 4.76. The molecule has 156 valence electrons. The van der Waals surface area contributed by atoms with Crippen LogP contribution < -0.4 is 5.32 Å². The third-order valence-corrected chi connectivity index (χ3v) is 6.49. The van der Waals surface area contributed by atoms with Gasteiger partial charge in [0.25, 0.3) is 5.91 Å². The standard InChI is InChI=1S/C23H22N6OS/c1-2-20-27-28-23(31-20)26-19-11-5-9-17(25-19)18-10-6-14-29(18)22(30)21-16-8-4-3-7-15(16)12-13-24-21/h3-5,7-9,11-13,18H,2,6,10,14H2,1H3,(H,25,26,28)/t18-/m0/s1. The van der Waals surface area contributed by atoms with Crippen LogP contribution in [0.2, 0.25) is 0 Å². The van der Waals surface area contributed by atoms with Crippen molar-refractivity contribution in [3.05, 3.63) is 71.1 Å². The topological polar surface area (TPSA) is 83.9 Å². The first-order valence-corrected chi connectivity index (χ1v) is 11.3. The van der Waals surface area contributed by atoms with Gasteiger partial charge in [-0.05, 0) is 42.8 Å². The van der Waals surface area contributed by atoms with Gasteiger partial charge in [0, 0.05) is 18.1 Å². The molecule has 1 aromatic carbocycles. The monoisotopic (exact) mass is 430 g/mol. The van der Waals surface area contributed by atoms with Gasteiger partial charge >= 0.3 is 0 Å². The van der Waals surface area contributed by atoms with Crippen molar-refractivity contribution in [2.45, 2.75) is 32.2 Å². The van der Waals surface area contributed by atoms with Gasteiger partial charge < -0.3 is 10.2 Å². The fourth-order valence-corrected chi connectivity index (χ4v) is 4.69. The number of nitrogens with zero attached hydrogens (tertiary/aromatic N) is 5. The molecule has 0 spiro atoms. The van der Waals surface area contributed by atoms with E-state index in [1.807, 2.05) is 53.4 Å². The molecule has 3 aromatic heterocycles. The summed E-state index contributed by atoms with van der Waals surface area (Å²) in [7, 11) is 0. The van der Waals surface area contributed by atoms with E-state index in [-0.39, 0.29) is 11.9 Å². The number of benzene rings is 1. The molecule has 0 aliphatic carbocycles. The van der Waals surface area contributed by atoms with E-state index >= 15 is 0 Å².